The van der Waals surface area contributed by atoms with E-state index in [9.17, 15) is 23.1 Å². The fraction of sp³-hybridized carbons (Fsp3) is 0.444. The summed E-state index contributed by atoms with van der Waals surface area (Å²) in [7, 11) is 0. The van der Waals surface area contributed by atoms with Crippen LogP contribution in [0.4, 0.5) is 13.2 Å². The summed E-state index contributed by atoms with van der Waals surface area (Å²) < 4.78 is 40.0. The Hall–Kier alpha value is -2.02. The van der Waals surface area contributed by atoms with Crippen molar-refractivity contribution in [1.82, 2.24) is 4.90 Å². The number of alkyl halides is 3. The average molecular weight is 528 g/mol. The van der Waals surface area contributed by atoms with Crippen LogP contribution in [0.2, 0.25) is 10.0 Å². The van der Waals surface area contributed by atoms with Crippen molar-refractivity contribution in [3.63, 3.8) is 0 Å². The van der Waals surface area contributed by atoms with Crippen molar-refractivity contribution < 1.29 is 23.1 Å². The molecule has 1 amide bonds. The van der Waals surface area contributed by atoms with Gasteiger partial charge in [-0.05, 0) is 54.7 Å². The number of benzene rings is 2. The number of piperidine rings is 1. The topological polar surface area (TPSA) is 40.5 Å². The molecular weight excluding hydrogens is 498 g/mol. The van der Waals surface area contributed by atoms with E-state index in [1.807, 2.05) is 25.1 Å². The molecule has 0 spiro atoms. The number of hydrogen-bond donors (Lipinski definition) is 1. The summed E-state index contributed by atoms with van der Waals surface area (Å²) in [6.07, 6.45) is -5.19. The lowest BCUT2D eigenvalue weighted by Gasteiger charge is -2.52. The molecule has 3 nitrogen and oxygen atoms in total. The van der Waals surface area contributed by atoms with Crippen LogP contribution in [0.5, 0.6) is 0 Å². The number of rotatable bonds is 8. The molecule has 35 heavy (non-hydrogen) atoms. The first-order valence-corrected chi connectivity index (χ1v) is 12.4. The van der Waals surface area contributed by atoms with E-state index in [0.717, 1.165) is 11.1 Å². The predicted molar refractivity (Wildman–Crippen MR) is 134 cm³/mol. The molecule has 3 rings (SSSR count). The van der Waals surface area contributed by atoms with Crippen LogP contribution in [0, 0.1) is 5.41 Å². The Morgan fingerprint density at radius 1 is 1.17 bits per heavy atom. The summed E-state index contributed by atoms with van der Waals surface area (Å²) in [5, 5.41) is 11.0. The van der Waals surface area contributed by atoms with Crippen LogP contribution in [-0.2, 0) is 4.79 Å². The number of hydrogen-bond acceptors (Lipinski definition) is 2. The van der Waals surface area contributed by atoms with Gasteiger partial charge in [-0.25, -0.2) is 0 Å². The van der Waals surface area contributed by atoms with Crippen molar-refractivity contribution in [1.29, 1.82) is 0 Å². The van der Waals surface area contributed by atoms with Gasteiger partial charge in [0.05, 0.1) is 11.5 Å². The highest BCUT2D eigenvalue weighted by Gasteiger charge is 2.52. The first-order chi connectivity index (χ1) is 16.4. The number of allylic oxidation sites excluding steroid dienone is 1. The van der Waals surface area contributed by atoms with Gasteiger partial charge in [-0.3, -0.25) is 4.79 Å². The lowest BCUT2D eigenvalue weighted by molar-refractivity contribution is -0.211. The molecular formula is C27H30Cl2F3NO2. The van der Waals surface area contributed by atoms with Gasteiger partial charge in [-0.1, -0.05) is 67.4 Å². The Morgan fingerprint density at radius 2 is 1.83 bits per heavy atom. The van der Waals surface area contributed by atoms with Gasteiger partial charge in [-0.2, -0.15) is 13.2 Å². The molecule has 1 N–H and O–H groups in total. The minimum Gasteiger partial charge on any atom is -0.384 e. The van der Waals surface area contributed by atoms with Crippen LogP contribution in [0.25, 0.3) is 0 Å². The molecule has 2 aromatic rings. The second kappa shape index (κ2) is 10.9. The van der Waals surface area contributed by atoms with E-state index in [2.05, 4.69) is 6.58 Å². The van der Waals surface area contributed by atoms with E-state index in [4.69, 9.17) is 23.2 Å². The summed E-state index contributed by atoms with van der Waals surface area (Å²) in [5.41, 5.74) is 0.763. The quantitative estimate of drug-likeness (QED) is 0.357. The van der Waals surface area contributed by atoms with E-state index in [0.29, 0.717) is 22.9 Å². The van der Waals surface area contributed by atoms with Crippen molar-refractivity contribution in [2.24, 2.45) is 5.41 Å². The molecule has 0 aliphatic carbocycles. The molecule has 0 bridgehead atoms. The maximum Gasteiger partial charge on any atom is 0.414 e. The Labute approximate surface area is 214 Å². The molecule has 1 heterocycles. The SMILES string of the molecule is C=CC[C@@]1(C)C[C@H](c2cccc(Cl)c2)[C@@H](c2ccc(Cl)cc2)N([C@@H](CC)CC(O)C(F)(F)F)C1=O. The summed E-state index contributed by atoms with van der Waals surface area (Å²) in [5.74, 6) is -0.508. The standard InChI is InChI=1S/C27H30Cl2F3NO2/c1-4-13-26(3)16-22(18-7-6-8-20(29)14-18)24(17-9-11-19(28)12-10-17)33(25(26)35)21(5-2)15-23(34)27(30,31)32/h4,6-12,14,21-24,34H,1,5,13,15-16H2,2-3H3/t21-,22+,23?,24+,26-/m0/s1. The largest absolute Gasteiger partial charge is 0.414 e. The smallest absolute Gasteiger partial charge is 0.384 e. The number of nitrogens with zero attached hydrogens (tertiary/aromatic N) is 1. The zero-order chi connectivity index (χ0) is 26.0. The molecule has 0 saturated carbocycles. The molecule has 0 radical (unpaired) electrons. The van der Waals surface area contributed by atoms with Crippen LogP contribution in [0.15, 0.2) is 61.2 Å². The van der Waals surface area contributed by atoms with Crippen LogP contribution in [-0.4, -0.2) is 34.2 Å². The first kappa shape index (κ1) is 27.6. The van der Waals surface area contributed by atoms with Gasteiger partial charge in [0.25, 0.3) is 0 Å². The summed E-state index contributed by atoms with van der Waals surface area (Å²) >= 11 is 12.4. The van der Waals surface area contributed by atoms with Crippen LogP contribution in [0.3, 0.4) is 0 Å². The Bertz CT molecular complexity index is 1040. The number of amides is 1. The Morgan fingerprint density at radius 3 is 2.37 bits per heavy atom. The van der Waals surface area contributed by atoms with Crippen molar-refractivity contribution in [2.75, 3.05) is 0 Å². The maximum absolute atomic E-state index is 14.0. The molecule has 2 aromatic carbocycles. The van der Waals surface area contributed by atoms with Crippen LogP contribution >= 0.6 is 23.2 Å². The van der Waals surface area contributed by atoms with Crippen LogP contribution in [0.1, 0.15) is 62.6 Å². The molecule has 0 aromatic heterocycles. The lowest BCUT2D eigenvalue weighted by Crippen LogP contribution is -2.56. The zero-order valence-corrected chi connectivity index (χ0v) is 21.2. The minimum atomic E-state index is -4.78. The second-order valence-electron chi connectivity index (χ2n) is 9.48. The van der Waals surface area contributed by atoms with Crippen LogP contribution < -0.4 is 0 Å². The number of aliphatic hydroxyl groups is 1. The molecule has 1 saturated heterocycles. The van der Waals surface area contributed by atoms with Crippen molar-refractivity contribution >= 4 is 29.1 Å². The fourth-order valence-electron chi connectivity index (χ4n) is 5.16. The van der Waals surface area contributed by atoms with Gasteiger partial charge in [0.1, 0.15) is 0 Å². The lowest BCUT2D eigenvalue weighted by atomic mass is 9.67. The maximum atomic E-state index is 14.0. The Balaban J connectivity index is 2.21. The first-order valence-electron chi connectivity index (χ1n) is 11.6. The highest BCUT2D eigenvalue weighted by molar-refractivity contribution is 6.30. The van der Waals surface area contributed by atoms with Crippen molar-refractivity contribution in [3.8, 4) is 0 Å². The predicted octanol–water partition coefficient (Wildman–Crippen LogP) is 7.72. The zero-order valence-electron chi connectivity index (χ0n) is 19.7. The summed E-state index contributed by atoms with van der Waals surface area (Å²) in [6, 6.07) is 12.9. The van der Waals surface area contributed by atoms with Gasteiger partial charge in [0.2, 0.25) is 5.91 Å². The van der Waals surface area contributed by atoms with Gasteiger partial charge in [0, 0.05) is 28.4 Å². The third-order valence-corrected chi connectivity index (χ3v) is 7.41. The van der Waals surface area contributed by atoms with Gasteiger partial charge in [-0.15, -0.1) is 6.58 Å². The second-order valence-corrected chi connectivity index (χ2v) is 10.4. The highest BCUT2D eigenvalue weighted by atomic mass is 35.5. The number of aliphatic hydroxyl groups excluding tert-OH is 1. The number of carbonyl (C=O) groups excluding carboxylic acids is 1. The molecule has 5 atom stereocenters. The molecule has 8 heteroatoms. The number of carbonyl (C=O) groups is 1. The molecule has 1 aliphatic heterocycles. The van der Waals surface area contributed by atoms with Gasteiger partial charge < -0.3 is 10.0 Å². The normalized spacial score (nSPS) is 24.8. The Kier molecular flexibility index (Phi) is 8.61. The monoisotopic (exact) mass is 527 g/mol. The third-order valence-electron chi connectivity index (χ3n) is 6.92. The number of halogens is 5. The number of likely N-dealkylation sites (tertiary alicyclic amines) is 1. The van der Waals surface area contributed by atoms with E-state index >= 15 is 0 Å². The minimum absolute atomic E-state index is 0.245. The van der Waals surface area contributed by atoms with Crippen molar-refractivity contribution in [2.45, 2.75) is 69.8 Å². The molecule has 190 valence electrons. The van der Waals surface area contributed by atoms with Gasteiger partial charge >= 0.3 is 6.18 Å². The van der Waals surface area contributed by atoms with E-state index in [-0.39, 0.29) is 18.2 Å². The molecule has 1 unspecified atom stereocenters. The molecule has 1 fully saturated rings. The average Bonchev–Trinajstić information content (AvgIpc) is 2.79. The van der Waals surface area contributed by atoms with E-state index in [1.165, 1.54) is 0 Å². The summed E-state index contributed by atoms with van der Waals surface area (Å²) in [6.45, 7) is 7.36. The highest BCUT2D eigenvalue weighted by Crippen LogP contribution is 2.52. The van der Waals surface area contributed by atoms with E-state index < -0.39 is 36.2 Å². The van der Waals surface area contributed by atoms with Gasteiger partial charge in [0.15, 0.2) is 6.10 Å². The molecule has 1 aliphatic rings. The van der Waals surface area contributed by atoms with Crippen molar-refractivity contribution in [3.05, 3.63) is 82.4 Å². The third kappa shape index (κ3) is 6.04. The fourth-order valence-corrected chi connectivity index (χ4v) is 5.48. The summed E-state index contributed by atoms with van der Waals surface area (Å²) in [4.78, 5) is 15.6. The van der Waals surface area contributed by atoms with E-state index in [1.54, 1.807) is 48.2 Å².